The normalized spacial score (nSPS) is 11.1. The first-order valence-corrected chi connectivity index (χ1v) is 7.65. The third kappa shape index (κ3) is 6.75. The van der Waals surface area contributed by atoms with E-state index in [0.717, 1.165) is 11.3 Å². The number of ether oxygens (including phenoxy) is 1. The highest BCUT2D eigenvalue weighted by atomic mass is 16.5. The molecule has 0 saturated carbocycles. The Kier molecular flexibility index (Phi) is 7.85. The lowest BCUT2D eigenvalue weighted by Gasteiger charge is -2.17. The van der Waals surface area contributed by atoms with E-state index in [9.17, 15) is 14.4 Å². The molecule has 0 fully saturated rings. The van der Waals surface area contributed by atoms with E-state index in [1.165, 1.54) is 11.8 Å². The first-order chi connectivity index (χ1) is 11.3. The number of rotatable bonds is 9. The first-order valence-electron chi connectivity index (χ1n) is 7.65. The molecule has 1 aromatic rings. The molecule has 0 unspecified atom stereocenters. The van der Waals surface area contributed by atoms with E-state index in [1.807, 2.05) is 19.1 Å². The van der Waals surface area contributed by atoms with Crippen LogP contribution in [0.4, 0.5) is 5.69 Å². The minimum atomic E-state index is -0.243. The lowest BCUT2D eigenvalue weighted by molar-refractivity contribution is -0.127. The van der Waals surface area contributed by atoms with Gasteiger partial charge in [-0.3, -0.25) is 14.4 Å². The number of nitrogens with zero attached hydrogens (tertiary/aromatic N) is 1. The van der Waals surface area contributed by atoms with Crippen LogP contribution in [0.1, 0.15) is 19.4 Å². The van der Waals surface area contributed by atoms with Crippen molar-refractivity contribution in [2.45, 2.75) is 20.3 Å². The number of allylic oxidation sites excluding steroid dienone is 2. The van der Waals surface area contributed by atoms with Crippen molar-refractivity contribution >= 4 is 23.2 Å². The van der Waals surface area contributed by atoms with E-state index in [0.29, 0.717) is 12.1 Å². The molecule has 0 aliphatic carbocycles. The SMILES string of the molecule is CN/C(C)=C\C(=O)Cc1ccc(N(C)C(=O)COCC(C)=O)cc1. The van der Waals surface area contributed by atoms with E-state index in [2.05, 4.69) is 5.32 Å². The Balaban J connectivity index is 2.61. The summed E-state index contributed by atoms with van der Waals surface area (Å²) >= 11 is 0. The topological polar surface area (TPSA) is 75.7 Å². The van der Waals surface area contributed by atoms with Crippen molar-refractivity contribution in [1.82, 2.24) is 5.32 Å². The molecular weight excluding hydrogens is 308 g/mol. The summed E-state index contributed by atoms with van der Waals surface area (Å²) in [5.74, 6) is -0.355. The predicted molar refractivity (Wildman–Crippen MR) is 92.9 cm³/mol. The summed E-state index contributed by atoms with van der Waals surface area (Å²) in [6.45, 7) is 3.02. The average Bonchev–Trinajstić information content (AvgIpc) is 2.54. The Morgan fingerprint density at radius 2 is 1.75 bits per heavy atom. The van der Waals surface area contributed by atoms with Crippen LogP contribution in [-0.4, -0.2) is 44.8 Å². The van der Waals surface area contributed by atoms with Crippen LogP contribution in [0.5, 0.6) is 0 Å². The Morgan fingerprint density at radius 3 is 2.29 bits per heavy atom. The molecule has 0 aliphatic heterocycles. The number of nitrogens with one attached hydrogen (secondary N) is 1. The quantitative estimate of drug-likeness (QED) is 0.694. The number of hydrogen-bond donors (Lipinski definition) is 1. The van der Waals surface area contributed by atoms with Crippen LogP contribution < -0.4 is 10.2 Å². The van der Waals surface area contributed by atoms with Gasteiger partial charge in [-0.05, 0) is 31.5 Å². The molecule has 1 N–H and O–H groups in total. The monoisotopic (exact) mass is 332 g/mol. The molecule has 1 amide bonds. The van der Waals surface area contributed by atoms with Crippen molar-refractivity contribution in [1.29, 1.82) is 0 Å². The zero-order valence-corrected chi connectivity index (χ0v) is 14.6. The summed E-state index contributed by atoms with van der Waals surface area (Å²) in [6.07, 6.45) is 1.87. The number of anilines is 1. The van der Waals surface area contributed by atoms with E-state index in [-0.39, 0.29) is 30.7 Å². The minimum absolute atomic E-state index is 0.0108. The lowest BCUT2D eigenvalue weighted by atomic mass is 10.1. The maximum Gasteiger partial charge on any atom is 0.252 e. The van der Waals surface area contributed by atoms with Gasteiger partial charge in [-0.15, -0.1) is 0 Å². The fraction of sp³-hybridized carbons (Fsp3) is 0.389. The van der Waals surface area contributed by atoms with Crippen LogP contribution in [0, 0.1) is 0 Å². The molecule has 24 heavy (non-hydrogen) atoms. The van der Waals surface area contributed by atoms with Gasteiger partial charge in [0.15, 0.2) is 11.6 Å². The van der Waals surface area contributed by atoms with Gasteiger partial charge in [0.2, 0.25) is 0 Å². The maximum atomic E-state index is 12.0. The highest BCUT2D eigenvalue weighted by Gasteiger charge is 2.11. The summed E-state index contributed by atoms with van der Waals surface area (Å²) in [5, 5.41) is 2.90. The van der Waals surface area contributed by atoms with Crippen molar-refractivity contribution in [3.05, 3.63) is 41.6 Å². The summed E-state index contributed by atoms with van der Waals surface area (Å²) in [6, 6.07) is 7.19. The fourth-order valence-corrected chi connectivity index (χ4v) is 1.93. The number of likely N-dealkylation sites (N-methyl/N-ethyl adjacent to an activating group) is 1. The van der Waals surface area contributed by atoms with Crippen LogP contribution in [-0.2, 0) is 25.5 Å². The minimum Gasteiger partial charge on any atom is -0.392 e. The van der Waals surface area contributed by atoms with Crippen molar-refractivity contribution in [3.63, 3.8) is 0 Å². The van der Waals surface area contributed by atoms with Crippen LogP contribution >= 0.6 is 0 Å². The number of carbonyl (C=O) groups excluding carboxylic acids is 3. The molecule has 6 heteroatoms. The van der Waals surface area contributed by atoms with Crippen molar-refractivity contribution in [2.75, 3.05) is 32.2 Å². The second-order valence-electron chi connectivity index (χ2n) is 5.53. The van der Waals surface area contributed by atoms with Gasteiger partial charge < -0.3 is 15.0 Å². The van der Waals surface area contributed by atoms with Crippen molar-refractivity contribution in [2.24, 2.45) is 0 Å². The Morgan fingerprint density at radius 1 is 1.12 bits per heavy atom. The second kappa shape index (κ2) is 9.62. The molecule has 1 aromatic carbocycles. The number of amides is 1. The molecule has 0 aromatic heterocycles. The highest BCUT2D eigenvalue weighted by molar-refractivity contribution is 5.94. The van der Waals surface area contributed by atoms with Crippen LogP contribution in [0.15, 0.2) is 36.0 Å². The zero-order chi connectivity index (χ0) is 18.1. The Labute approximate surface area is 142 Å². The third-order valence-electron chi connectivity index (χ3n) is 3.38. The molecule has 1 rings (SSSR count). The fourth-order valence-electron chi connectivity index (χ4n) is 1.93. The molecule has 0 spiro atoms. The number of Topliss-reactive ketones (excluding diaryl/α,β-unsaturated/α-hetero) is 1. The van der Waals surface area contributed by atoms with Gasteiger partial charge >= 0.3 is 0 Å². The molecule has 0 aliphatic rings. The zero-order valence-electron chi connectivity index (χ0n) is 14.6. The highest BCUT2D eigenvalue weighted by Crippen LogP contribution is 2.15. The van der Waals surface area contributed by atoms with Gasteiger partial charge in [0, 0.05) is 38.0 Å². The second-order valence-corrected chi connectivity index (χ2v) is 5.53. The number of carbonyl (C=O) groups is 3. The molecule has 130 valence electrons. The number of hydrogen-bond acceptors (Lipinski definition) is 5. The Hall–Kier alpha value is -2.47. The average molecular weight is 332 g/mol. The first kappa shape index (κ1) is 19.6. The molecule has 0 saturated heterocycles. The molecule has 0 radical (unpaired) electrons. The van der Waals surface area contributed by atoms with Gasteiger partial charge in [0.1, 0.15) is 13.2 Å². The van der Waals surface area contributed by atoms with Crippen molar-refractivity contribution < 1.29 is 19.1 Å². The van der Waals surface area contributed by atoms with Crippen LogP contribution in [0.25, 0.3) is 0 Å². The van der Waals surface area contributed by atoms with Gasteiger partial charge in [0.25, 0.3) is 5.91 Å². The van der Waals surface area contributed by atoms with E-state index < -0.39 is 0 Å². The van der Waals surface area contributed by atoms with Crippen LogP contribution in [0.2, 0.25) is 0 Å². The molecule has 0 heterocycles. The molecule has 6 nitrogen and oxygen atoms in total. The van der Waals surface area contributed by atoms with Gasteiger partial charge in [-0.25, -0.2) is 0 Å². The largest absolute Gasteiger partial charge is 0.392 e. The summed E-state index contributed by atoms with van der Waals surface area (Å²) < 4.78 is 5.03. The van der Waals surface area contributed by atoms with E-state index >= 15 is 0 Å². The number of ketones is 2. The molecule has 0 atom stereocenters. The van der Waals surface area contributed by atoms with E-state index in [4.69, 9.17) is 4.74 Å². The third-order valence-corrected chi connectivity index (χ3v) is 3.38. The summed E-state index contributed by atoms with van der Waals surface area (Å²) in [5.41, 5.74) is 2.38. The summed E-state index contributed by atoms with van der Waals surface area (Å²) in [7, 11) is 3.40. The lowest BCUT2D eigenvalue weighted by Crippen LogP contribution is -2.30. The van der Waals surface area contributed by atoms with Gasteiger partial charge in [0.05, 0.1) is 0 Å². The smallest absolute Gasteiger partial charge is 0.252 e. The molecule has 0 bridgehead atoms. The standard InChI is InChI=1S/C18H24N2O4/c1-13(19-3)9-17(22)10-15-5-7-16(8-6-15)20(4)18(23)12-24-11-14(2)21/h5-9,19H,10-12H2,1-4H3/b13-9-. The Bertz CT molecular complexity index is 620. The van der Waals surface area contributed by atoms with Crippen molar-refractivity contribution in [3.8, 4) is 0 Å². The number of benzene rings is 1. The van der Waals surface area contributed by atoms with E-state index in [1.54, 1.807) is 32.3 Å². The predicted octanol–water partition coefficient (Wildman–Crippen LogP) is 1.49. The maximum absolute atomic E-state index is 12.0. The van der Waals surface area contributed by atoms with Gasteiger partial charge in [-0.1, -0.05) is 12.1 Å². The van der Waals surface area contributed by atoms with Crippen LogP contribution in [0.3, 0.4) is 0 Å². The molecular formula is C18H24N2O4. The van der Waals surface area contributed by atoms with Gasteiger partial charge in [-0.2, -0.15) is 0 Å². The summed E-state index contributed by atoms with van der Waals surface area (Å²) in [4.78, 5) is 36.1.